The van der Waals surface area contributed by atoms with Crippen LogP contribution in [-0.4, -0.2) is 58.5 Å². The molecule has 3 rings (SSSR count). The molecular formula is C29H41N5O5SSi. The van der Waals surface area contributed by atoms with E-state index in [-0.39, 0.29) is 18.0 Å². The Morgan fingerprint density at radius 2 is 1.66 bits per heavy atom. The van der Waals surface area contributed by atoms with Crippen molar-refractivity contribution >= 4 is 35.0 Å². The molecule has 0 saturated carbocycles. The Kier molecular flexibility index (Phi) is 9.06. The number of imidazole rings is 1. The van der Waals surface area contributed by atoms with Crippen molar-refractivity contribution in [1.29, 1.82) is 0 Å². The van der Waals surface area contributed by atoms with Crippen molar-refractivity contribution in [2.45, 2.75) is 103 Å². The summed E-state index contributed by atoms with van der Waals surface area (Å²) < 4.78 is 32.8. The summed E-state index contributed by atoms with van der Waals surface area (Å²) in [6.07, 6.45) is 4.66. The molecule has 0 N–H and O–H groups in total. The maximum absolute atomic E-state index is 13.9. The van der Waals surface area contributed by atoms with E-state index in [0.29, 0.717) is 33.1 Å². The fourth-order valence-electron chi connectivity index (χ4n) is 5.51. The number of rotatable bonds is 6. The molecule has 0 radical (unpaired) electrons. The second kappa shape index (κ2) is 11.5. The molecule has 0 fully saturated rings. The summed E-state index contributed by atoms with van der Waals surface area (Å²) in [6.45, 7) is 20.0. The summed E-state index contributed by atoms with van der Waals surface area (Å²) in [7, 11) is -5.94. The van der Waals surface area contributed by atoms with Crippen molar-refractivity contribution < 1.29 is 17.9 Å². The van der Waals surface area contributed by atoms with Gasteiger partial charge in [0, 0.05) is 36.0 Å². The maximum Gasteiger partial charge on any atom is 0.420 e. The normalized spacial score (nSPS) is 12.7. The molecule has 0 aliphatic rings. The highest BCUT2D eigenvalue weighted by atomic mass is 32.2. The van der Waals surface area contributed by atoms with Gasteiger partial charge in [-0.25, -0.2) is 27.7 Å². The Morgan fingerprint density at radius 3 is 2.17 bits per heavy atom. The number of hydrogen-bond donors (Lipinski definition) is 0. The molecule has 222 valence electrons. The van der Waals surface area contributed by atoms with Gasteiger partial charge >= 0.3 is 6.09 Å². The van der Waals surface area contributed by atoms with Crippen LogP contribution in [0.5, 0.6) is 0 Å². The van der Waals surface area contributed by atoms with Gasteiger partial charge in [-0.15, -0.1) is 5.54 Å². The van der Waals surface area contributed by atoms with Gasteiger partial charge in [0.05, 0.1) is 11.9 Å². The van der Waals surface area contributed by atoms with Crippen molar-refractivity contribution in [3.63, 3.8) is 0 Å². The SMILES string of the molecule is Cc1c(C#C[Si](C(C)C)(C(C)C)C(C)C)c2cnc(S(C)(=O)=O)nc2n(Cc2nccn2C(=O)OC(C)(C)C)c1=O. The number of sulfone groups is 1. The molecule has 0 bridgehead atoms. The Bertz CT molecular complexity index is 1680. The number of carbonyl (C=O) groups excluding carboxylic acids is 1. The Hall–Kier alpha value is -3.30. The van der Waals surface area contributed by atoms with Crippen molar-refractivity contribution in [2.75, 3.05) is 6.26 Å². The van der Waals surface area contributed by atoms with Crippen LogP contribution >= 0.6 is 0 Å². The predicted molar refractivity (Wildman–Crippen MR) is 163 cm³/mol. The third-order valence-corrected chi connectivity index (χ3v) is 14.6. The summed E-state index contributed by atoms with van der Waals surface area (Å²) in [5.74, 6) is 3.58. The molecule has 3 aromatic rings. The van der Waals surface area contributed by atoms with E-state index in [2.05, 4.69) is 68.0 Å². The van der Waals surface area contributed by atoms with Crippen LogP contribution in [0.1, 0.15) is 79.3 Å². The molecule has 0 aromatic carbocycles. The molecular weight excluding hydrogens is 559 g/mol. The van der Waals surface area contributed by atoms with E-state index in [0.717, 1.165) is 6.26 Å². The van der Waals surface area contributed by atoms with Gasteiger partial charge in [0.1, 0.15) is 25.1 Å². The van der Waals surface area contributed by atoms with E-state index >= 15 is 0 Å². The lowest BCUT2D eigenvalue weighted by Crippen LogP contribution is -2.43. The van der Waals surface area contributed by atoms with Gasteiger partial charge in [-0.1, -0.05) is 47.5 Å². The summed E-state index contributed by atoms with van der Waals surface area (Å²) in [5, 5.41) is 0.0446. The van der Waals surface area contributed by atoms with E-state index in [1.807, 2.05) is 0 Å². The lowest BCUT2D eigenvalue weighted by molar-refractivity contribution is 0.0531. The standard InChI is InChI=1S/C29H41N5O5SSi/c1-18(2)41(19(3)4,20(5)6)15-12-22-21(7)26(35)34(25-23(22)16-31-27(32-25)40(11,37)38)17-24-30-13-14-33(24)28(36)39-29(8,9)10/h13-14,16,18-20H,17H2,1-11H3. The third-order valence-electron chi connectivity index (χ3n) is 7.42. The fourth-order valence-corrected chi connectivity index (χ4v) is 11.2. The van der Waals surface area contributed by atoms with Gasteiger partial charge in [-0.2, -0.15) is 4.98 Å². The highest BCUT2D eigenvalue weighted by Crippen LogP contribution is 2.41. The van der Waals surface area contributed by atoms with Crippen LogP contribution in [0.3, 0.4) is 0 Å². The van der Waals surface area contributed by atoms with Gasteiger partial charge in [0.25, 0.3) is 5.56 Å². The number of hydrogen-bond acceptors (Lipinski definition) is 8. The number of pyridine rings is 1. The molecule has 0 atom stereocenters. The molecule has 0 amide bonds. The van der Waals surface area contributed by atoms with Crippen molar-refractivity contribution in [1.82, 2.24) is 24.1 Å². The number of ether oxygens (including phenoxy) is 1. The first-order valence-electron chi connectivity index (χ1n) is 13.7. The van der Waals surface area contributed by atoms with Crippen molar-refractivity contribution in [2.24, 2.45) is 0 Å². The van der Waals surface area contributed by atoms with Crippen LogP contribution in [-0.2, 0) is 21.1 Å². The van der Waals surface area contributed by atoms with E-state index in [1.165, 1.54) is 27.7 Å². The molecule has 3 heterocycles. The summed E-state index contributed by atoms with van der Waals surface area (Å²) in [4.78, 5) is 39.4. The van der Waals surface area contributed by atoms with Crippen molar-refractivity contribution in [3.8, 4) is 11.5 Å². The van der Waals surface area contributed by atoms with Crippen LogP contribution in [0.25, 0.3) is 11.0 Å². The van der Waals surface area contributed by atoms with Gasteiger partial charge in [0.15, 0.2) is 0 Å². The third kappa shape index (κ3) is 6.46. The molecule has 41 heavy (non-hydrogen) atoms. The lowest BCUT2D eigenvalue weighted by atomic mass is 10.1. The predicted octanol–water partition coefficient (Wildman–Crippen LogP) is 5.10. The molecule has 0 spiro atoms. The minimum Gasteiger partial charge on any atom is -0.443 e. The molecule has 12 heteroatoms. The lowest BCUT2D eigenvalue weighted by Gasteiger charge is -2.38. The molecule has 0 aliphatic heterocycles. The molecule has 0 unspecified atom stereocenters. The van der Waals surface area contributed by atoms with Crippen LogP contribution in [0.4, 0.5) is 4.79 Å². The van der Waals surface area contributed by atoms with Crippen LogP contribution in [0.15, 0.2) is 28.5 Å². The second-order valence-electron chi connectivity index (χ2n) is 12.4. The molecule has 3 aromatic heterocycles. The first kappa shape index (κ1) is 32.2. The van der Waals surface area contributed by atoms with Crippen LogP contribution in [0.2, 0.25) is 16.6 Å². The molecule has 0 saturated heterocycles. The van der Waals surface area contributed by atoms with Gasteiger partial charge < -0.3 is 4.74 Å². The van der Waals surface area contributed by atoms with E-state index in [4.69, 9.17) is 4.74 Å². The minimum absolute atomic E-state index is 0.102. The van der Waals surface area contributed by atoms with Crippen molar-refractivity contribution in [3.05, 3.63) is 45.9 Å². The Morgan fingerprint density at radius 1 is 1.07 bits per heavy atom. The second-order valence-corrected chi connectivity index (χ2v) is 19.9. The number of aromatic nitrogens is 5. The Labute approximate surface area is 243 Å². The monoisotopic (exact) mass is 599 g/mol. The highest BCUT2D eigenvalue weighted by molar-refractivity contribution is 7.90. The van der Waals surface area contributed by atoms with E-state index in [9.17, 15) is 18.0 Å². The fraction of sp³-hybridized carbons (Fsp3) is 0.552. The Balaban J connectivity index is 2.34. The number of fused-ring (bicyclic) bond motifs is 1. The summed E-state index contributed by atoms with van der Waals surface area (Å²) >= 11 is 0. The average molecular weight is 600 g/mol. The van der Waals surface area contributed by atoms with Crippen LogP contribution in [0, 0.1) is 18.4 Å². The largest absolute Gasteiger partial charge is 0.443 e. The highest BCUT2D eigenvalue weighted by Gasteiger charge is 2.41. The number of carbonyl (C=O) groups is 1. The molecule has 10 nitrogen and oxygen atoms in total. The van der Waals surface area contributed by atoms with Gasteiger partial charge in [-0.05, 0) is 44.3 Å². The maximum atomic E-state index is 13.9. The smallest absolute Gasteiger partial charge is 0.420 e. The van der Waals surface area contributed by atoms with E-state index in [1.54, 1.807) is 27.7 Å². The first-order valence-corrected chi connectivity index (χ1v) is 17.8. The topological polar surface area (TPSA) is 126 Å². The zero-order chi connectivity index (χ0) is 31.1. The summed E-state index contributed by atoms with van der Waals surface area (Å²) in [6, 6.07) is 0. The zero-order valence-corrected chi connectivity index (χ0v) is 27.7. The summed E-state index contributed by atoms with van der Waals surface area (Å²) in [5.41, 5.74) is 4.60. The van der Waals surface area contributed by atoms with Crippen LogP contribution < -0.4 is 5.56 Å². The number of nitrogens with zero attached hydrogens (tertiary/aromatic N) is 5. The quantitative estimate of drug-likeness (QED) is 0.218. The van der Waals surface area contributed by atoms with E-state index < -0.39 is 40.3 Å². The zero-order valence-electron chi connectivity index (χ0n) is 25.9. The minimum atomic E-state index is -3.78. The first-order chi connectivity index (χ1) is 18.8. The molecule has 0 aliphatic carbocycles. The van der Waals surface area contributed by atoms with Gasteiger partial charge in [0.2, 0.25) is 15.0 Å². The average Bonchev–Trinajstić information content (AvgIpc) is 3.30. The van der Waals surface area contributed by atoms with Gasteiger partial charge in [-0.3, -0.25) is 9.36 Å².